The minimum absolute atomic E-state index is 0.332. The maximum absolute atomic E-state index is 4.46. The monoisotopic (exact) mass is 277 g/mol. The molecular formula is C18H19N3. The molecule has 0 radical (unpaired) electrons. The van der Waals surface area contributed by atoms with Crippen molar-refractivity contribution in [2.45, 2.75) is 13.0 Å². The molecule has 0 spiro atoms. The predicted molar refractivity (Wildman–Crippen MR) is 86.5 cm³/mol. The molecule has 3 heteroatoms. The average Bonchev–Trinajstić information content (AvgIpc) is 3.04. The zero-order valence-electron chi connectivity index (χ0n) is 12.3. The van der Waals surface area contributed by atoms with Crippen LogP contribution in [0.3, 0.4) is 0 Å². The first-order valence-corrected chi connectivity index (χ1v) is 7.16. The van der Waals surface area contributed by atoms with E-state index < -0.39 is 0 Å². The number of rotatable bonds is 4. The van der Waals surface area contributed by atoms with Gasteiger partial charge in [-0.1, -0.05) is 36.4 Å². The van der Waals surface area contributed by atoms with Crippen LogP contribution in [-0.4, -0.2) is 16.8 Å². The van der Waals surface area contributed by atoms with Gasteiger partial charge in [0, 0.05) is 11.6 Å². The van der Waals surface area contributed by atoms with E-state index in [9.17, 15) is 0 Å². The lowest BCUT2D eigenvalue weighted by atomic mass is 10.0. The van der Waals surface area contributed by atoms with Crippen molar-refractivity contribution in [3.63, 3.8) is 0 Å². The van der Waals surface area contributed by atoms with Gasteiger partial charge in [0.05, 0.1) is 17.6 Å². The van der Waals surface area contributed by atoms with Crippen LogP contribution in [-0.2, 0) is 0 Å². The molecule has 1 atom stereocenters. The SMILES string of the molecule is CNC(C)c1cccc(-c2ccnn2-c2ccccc2)c1. The van der Waals surface area contributed by atoms with Gasteiger partial charge in [0.1, 0.15) is 0 Å². The van der Waals surface area contributed by atoms with Crippen molar-refractivity contribution < 1.29 is 0 Å². The molecule has 0 amide bonds. The van der Waals surface area contributed by atoms with Crippen LogP contribution >= 0.6 is 0 Å². The van der Waals surface area contributed by atoms with Gasteiger partial charge in [0.15, 0.2) is 0 Å². The highest BCUT2D eigenvalue weighted by atomic mass is 15.3. The summed E-state index contributed by atoms with van der Waals surface area (Å²) in [6.45, 7) is 2.16. The minimum atomic E-state index is 0.332. The van der Waals surface area contributed by atoms with E-state index in [4.69, 9.17) is 0 Å². The number of nitrogens with one attached hydrogen (secondary N) is 1. The van der Waals surface area contributed by atoms with Gasteiger partial charge in [-0.15, -0.1) is 0 Å². The lowest BCUT2D eigenvalue weighted by Crippen LogP contribution is -2.12. The summed E-state index contributed by atoms with van der Waals surface area (Å²) >= 11 is 0. The summed E-state index contributed by atoms with van der Waals surface area (Å²) < 4.78 is 1.98. The molecule has 0 aliphatic heterocycles. The van der Waals surface area contributed by atoms with E-state index in [0.717, 1.165) is 11.4 Å². The maximum Gasteiger partial charge on any atom is 0.0741 e. The van der Waals surface area contributed by atoms with E-state index >= 15 is 0 Å². The van der Waals surface area contributed by atoms with Gasteiger partial charge in [0.25, 0.3) is 0 Å². The Balaban J connectivity index is 2.05. The van der Waals surface area contributed by atoms with Crippen molar-refractivity contribution >= 4 is 0 Å². The van der Waals surface area contributed by atoms with Crippen molar-refractivity contribution in [1.82, 2.24) is 15.1 Å². The van der Waals surface area contributed by atoms with Crippen LogP contribution in [0.1, 0.15) is 18.5 Å². The molecule has 0 bridgehead atoms. The molecule has 106 valence electrons. The van der Waals surface area contributed by atoms with Crippen LogP contribution in [0.2, 0.25) is 0 Å². The van der Waals surface area contributed by atoms with Crippen LogP contribution in [0.25, 0.3) is 16.9 Å². The van der Waals surface area contributed by atoms with Crippen molar-refractivity contribution in [2.75, 3.05) is 7.05 Å². The molecule has 1 aromatic heterocycles. The zero-order valence-corrected chi connectivity index (χ0v) is 12.3. The first-order chi connectivity index (χ1) is 10.3. The molecule has 1 heterocycles. The molecule has 3 rings (SSSR count). The molecule has 0 saturated carbocycles. The number of benzene rings is 2. The number of hydrogen-bond donors (Lipinski definition) is 1. The smallest absolute Gasteiger partial charge is 0.0741 e. The van der Waals surface area contributed by atoms with Gasteiger partial charge in [-0.25, -0.2) is 4.68 Å². The van der Waals surface area contributed by atoms with Gasteiger partial charge in [-0.2, -0.15) is 5.10 Å². The molecule has 0 fully saturated rings. The molecule has 21 heavy (non-hydrogen) atoms. The Morgan fingerprint density at radius 3 is 2.57 bits per heavy atom. The second-order valence-corrected chi connectivity index (χ2v) is 5.10. The fourth-order valence-corrected chi connectivity index (χ4v) is 2.43. The molecule has 1 N–H and O–H groups in total. The van der Waals surface area contributed by atoms with Crippen LogP contribution in [0.15, 0.2) is 66.9 Å². The van der Waals surface area contributed by atoms with Crippen LogP contribution in [0.4, 0.5) is 0 Å². The topological polar surface area (TPSA) is 29.9 Å². The normalized spacial score (nSPS) is 12.3. The lowest BCUT2D eigenvalue weighted by molar-refractivity contribution is 0.652. The number of nitrogens with zero attached hydrogens (tertiary/aromatic N) is 2. The summed E-state index contributed by atoms with van der Waals surface area (Å²) in [6, 6.07) is 21.2. The summed E-state index contributed by atoms with van der Waals surface area (Å²) in [6.07, 6.45) is 1.84. The Kier molecular flexibility index (Phi) is 3.84. The largest absolute Gasteiger partial charge is 0.313 e. The van der Waals surface area contributed by atoms with Crippen LogP contribution < -0.4 is 5.32 Å². The molecular weight excluding hydrogens is 258 g/mol. The number of para-hydroxylation sites is 1. The van der Waals surface area contributed by atoms with Gasteiger partial charge >= 0.3 is 0 Å². The van der Waals surface area contributed by atoms with E-state index in [2.05, 4.69) is 59.8 Å². The molecule has 3 nitrogen and oxygen atoms in total. The average molecular weight is 277 g/mol. The quantitative estimate of drug-likeness (QED) is 0.785. The van der Waals surface area contributed by atoms with Crippen LogP contribution in [0.5, 0.6) is 0 Å². The Bertz CT molecular complexity index is 716. The molecule has 0 aliphatic carbocycles. The van der Waals surface area contributed by atoms with Crippen molar-refractivity contribution in [1.29, 1.82) is 0 Å². The third-order valence-electron chi connectivity index (χ3n) is 3.76. The second-order valence-electron chi connectivity index (χ2n) is 5.10. The number of hydrogen-bond acceptors (Lipinski definition) is 2. The van der Waals surface area contributed by atoms with E-state index in [1.165, 1.54) is 11.1 Å². The zero-order chi connectivity index (χ0) is 14.7. The highest BCUT2D eigenvalue weighted by Crippen LogP contribution is 2.25. The van der Waals surface area contributed by atoms with E-state index in [-0.39, 0.29) is 0 Å². The number of aromatic nitrogens is 2. The maximum atomic E-state index is 4.46. The Labute approximate surface area is 125 Å². The Morgan fingerprint density at radius 1 is 1.00 bits per heavy atom. The molecule has 3 aromatic rings. The van der Waals surface area contributed by atoms with E-state index in [1.54, 1.807) is 0 Å². The predicted octanol–water partition coefficient (Wildman–Crippen LogP) is 3.82. The molecule has 0 saturated heterocycles. The fourth-order valence-electron chi connectivity index (χ4n) is 2.43. The molecule has 2 aromatic carbocycles. The first kappa shape index (κ1) is 13.6. The minimum Gasteiger partial charge on any atom is -0.313 e. The molecule has 0 aliphatic rings. The molecule has 1 unspecified atom stereocenters. The van der Waals surface area contributed by atoms with Crippen LogP contribution in [0, 0.1) is 0 Å². The summed E-state index contributed by atoms with van der Waals surface area (Å²) in [5, 5.41) is 7.74. The summed E-state index contributed by atoms with van der Waals surface area (Å²) in [5.74, 6) is 0. The van der Waals surface area contributed by atoms with E-state index in [1.807, 2.05) is 36.1 Å². The lowest BCUT2D eigenvalue weighted by Gasteiger charge is -2.13. The third-order valence-corrected chi connectivity index (χ3v) is 3.76. The van der Waals surface area contributed by atoms with Gasteiger partial charge in [0.2, 0.25) is 0 Å². The van der Waals surface area contributed by atoms with Gasteiger partial charge in [-0.3, -0.25) is 0 Å². The van der Waals surface area contributed by atoms with E-state index in [0.29, 0.717) is 6.04 Å². The van der Waals surface area contributed by atoms with Crippen molar-refractivity contribution in [2.24, 2.45) is 0 Å². The second kappa shape index (κ2) is 5.94. The summed E-state index contributed by atoms with van der Waals surface area (Å²) in [4.78, 5) is 0. The fraction of sp³-hybridized carbons (Fsp3) is 0.167. The van der Waals surface area contributed by atoms with Crippen molar-refractivity contribution in [3.05, 3.63) is 72.4 Å². The first-order valence-electron chi connectivity index (χ1n) is 7.16. The van der Waals surface area contributed by atoms with Crippen molar-refractivity contribution in [3.8, 4) is 16.9 Å². The Hall–Kier alpha value is -2.39. The summed E-state index contributed by atoms with van der Waals surface area (Å²) in [5.41, 5.74) is 4.63. The summed E-state index contributed by atoms with van der Waals surface area (Å²) in [7, 11) is 1.98. The third kappa shape index (κ3) is 2.73. The highest BCUT2D eigenvalue weighted by Gasteiger charge is 2.09. The van der Waals surface area contributed by atoms with Gasteiger partial charge < -0.3 is 5.32 Å². The highest BCUT2D eigenvalue weighted by molar-refractivity contribution is 5.62. The Morgan fingerprint density at radius 2 is 1.81 bits per heavy atom. The van der Waals surface area contributed by atoms with Gasteiger partial charge in [-0.05, 0) is 43.8 Å². The standard InChI is InChI=1S/C18H19N3/c1-14(19-2)15-7-6-8-16(13-15)18-11-12-20-21(18)17-9-4-3-5-10-17/h3-14,19H,1-2H3.